The highest BCUT2D eigenvalue weighted by atomic mass is 79.9. The fourth-order valence-electron chi connectivity index (χ4n) is 2.57. The lowest BCUT2D eigenvalue weighted by molar-refractivity contribution is 0.230. The number of hydrogen-bond donors (Lipinski definition) is 1. The van der Waals surface area contributed by atoms with E-state index in [4.69, 9.17) is 17.3 Å². The lowest BCUT2D eigenvalue weighted by Crippen LogP contribution is -2.37. The molecule has 1 aliphatic heterocycles. The van der Waals surface area contributed by atoms with E-state index in [1.165, 1.54) is 12.8 Å². The van der Waals surface area contributed by atoms with Crippen LogP contribution in [0.2, 0.25) is 5.02 Å². The van der Waals surface area contributed by atoms with Crippen LogP contribution >= 0.6 is 27.5 Å². The number of likely N-dealkylation sites (tertiary alicyclic amines) is 1. The van der Waals surface area contributed by atoms with E-state index in [1.807, 2.05) is 12.1 Å². The summed E-state index contributed by atoms with van der Waals surface area (Å²) in [5, 5.41) is 0.808. The molecule has 4 heteroatoms. The Balaban J connectivity index is 2.37. The molecule has 0 aromatic heterocycles. The predicted octanol–water partition coefficient (Wildman–Crippen LogP) is 3.59. The molecule has 2 nitrogen and oxygen atoms in total. The molecule has 1 aromatic rings. The smallest absolute Gasteiger partial charge is 0.0511 e. The number of benzene rings is 1. The summed E-state index contributed by atoms with van der Waals surface area (Å²) < 4.78 is 1.06. The molecule has 2 atom stereocenters. The topological polar surface area (TPSA) is 29.3 Å². The van der Waals surface area contributed by atoms with Crippen LogP contribution in [-0.2, 0) is 0 Å². The van der Waals surface area contributed by atoms with Gasteiger partial charge in [0.2, 0.25) is 0 Å². The molecule has 2 rings (SSSR count). The van der Waals surface area contributed by atoms with Gasteiger partial charge in [-0.05, 0) is 50.2 Å². The van der Waals surface area contributed by atoms with Crippen LogP contribution in [0.1, 0.15) is 30.9 Å². The number of nitrogens with two attached hydrogens (primary N) is 1. The van der Waals surface area contributed by atoms with Crippen LogP contribution < -0.4 is 5.73 Å². The molecule has 2 unspecified atom stereocenters. The maximum absolute atomic E-state index is 6.31. The second-order valence-electron chi connectivity index (χ2n) is 4.75. The van der Waals surface area contributed by atoms with E-state index in [9.17, 15) is 0 Å². The Morgan fingerprint density at radius 2 is 2.18 bits per heavy atom. The second kappa shape index (κ2) is 5.70. The van der Waals surface area contributed by atoms with Crippen molar-refractivity contribution in [1.82, 2.24) is 4.90 Å². The van der Waals surface area contributed by atoms with Crippen LogP contribution in [0.3, 0.4) is 0 Å². The third-order valence-electron chi connectivity index (χ3n) is 3.46. The zero-order chi connectivity index (χ0) is 12.4. The zero-order valence-electron chi connectivity index (χ0n) is 10.00. The zero-order valence-corrected chi connectivity index (χ0v) is 12.3. The Morgan fingerprint density at radius 1 is 1.41 bits per heavy atom. The normalized spacial score (nSPS) is 26.8. The van der Waals surface area contributed by atoms with Crippen molar-refractivity contribution in [3.8, 4) is 0 Å². The van der Waals surface area contributed by atoms with Crippen LogP contribution in [0, 0.1) is 0 Å². The molecule has 1 heterocycles. The van der Waals surface area contributed by atoms with E-state index in [1.54, 1.807) is 0 Å². The summed E-state index contributed by atoms with van der Waals surface area (Å²) in [6.45, 7) is 1.08. The number of rotatable bonds is 1. The van der Waals surface area contributed by atoms with Crippen molar-refractivity contribution < 1.29 is 0 Å². The van der Waals surface area contributed by atoms with Crippen LogP contribution in [0.5, 0.6) is 0 Å². The van der Waals surface area contributed by atoms with E-state index < -0.39 is 0 Å². The summed E-state index contributed by atoms with van der Waals surface area (Å²) in [4.78, 5) is 2.32. The van der Waals surface area contributed by atoms with E-state index >= 15 is 0 Å². The molecule has 17 heavy (non-hydrogen) atoms. The van der Waals surface area contributed by atoms with Crippen molar-refractivity contribution >= 4 is 27.5 Å². The average Bonchev–Trinajstić information content (AvgIpc) is 2.44. The molecule has 0 amide bonds. The van der Waals surface area contributed by atoms with Gasteiger partial charge in [-0.15, -0.1) is 0 Å². The van der Waals surface area contributed by atoms with Crippen molar-refractivity contribution in [2.45, 2.75) is 31.3 Å². The van der Waals surface area contributed by atoms with Gasteiger partial charge in [0, 0.05) is 15.5 Å². The average molecular weight is 318 g/mol. The van der Waals surface area contributed by atoms with Crippen molar-refractivity contribution in [3.05, 3.63) is 33.3 Å². The SMILES string of the molecule is CN1CCCCC(N)C1c1cc(Br)ccc1Cl. The van der Waals surface area contributed by atoms with Gasteiger partial charge in [-0.25, -0.2) is 0 Å². The molecule has 94 valence electrons. The third-order valence-corrected chi connectivity index (χ3v) is 4.29. The van der Waals surface area contributed by atoms with Gasteiger partial charge in [-0.1, -0.05) is 34.0 Å². The fraction of sp³-hybridized carbons (Fsp3) is 0.538. The Hall–Kier alpha value is -0.0900. The molecule has 0 radical (unpaired) electrons. The molecule has 0 spiro atoms. The number of likely N-dealkylation sites (N-methyl/N-ethyl adjacent to an activating group) is 1. The van der Waals surface area contributed by atoms with Crippen LogP contribution in [0.15, 0.2) is 22.7 Å². The van der Waals surface area contributed by atoms with E-state index in [2.05, 4.69) is 33.9 Å². The minimum absolute atomic E-state index is 0.161. The minimum atomic E-state index is 0.161. The first-order valence-corrected chi connectivity index (χ1v) is 7.17. The van der Waals surface area contributed by atoms with Gasteiger partial charge in [-0.2, -0.15) is 0 Å². The van der Waals surface area contributed by atoms with Crippen molar-refractivity contribution in [2.75, 3.05) is 13.6 Å². The molecule has 1 saturated heterocycles. The summed E-state index contributed by atoms with van der Waals surface area (Å²) in [7, 11) is 2.13. The second-order valence-corrected chi connectivity index (χ2v) is 6.07. The first kappa shape index (κ1) is 13.3. The Labute approximate surface area is 116 Å². The quantitative estimate of drug-likeness (QED) is 0.857. The van der Waals surface area contributed by atoms with Gasteiger partial charge < -0.3 is 5.73 Å². The molecule has 0 aliphatic carbocycles. The first-order chi connectivity index (χ1) is 8.09. The van der Waals surface area contributed by atoms with Gasteiger partial charge >= 0.3 is 0 Å². The van der Waals surface area contributed by atoms with Gasteiger partial charge in [0.05, 0.1) is 6.04 Å². The molecule has 1 aliphatic rings. The summed E-state index contributed by atoms with van der Waals surface area (Å²) in [6, 6.07) is 6.38. The lowest BCUT2D eigenvalue weighted by atomic mass is 9.96. The van der Waals surface area contributed by atoms with Crippen molar-refractivity contribution in [2.24, 2.45) is 5.73 Å². The van der Waals surface area contributed by atoms with Gasteiger partial charge in [0.1, 0.15) is 0 Å². The van der Waals surface area contributed by atoms with Crippen LogP contribution in [0.25, 0.3) is 0 Å². The van der Waals surface area contributed by atoms with E-state index in [0.717, 1.165) is 28.0 Å². The summed E-state index contributed by atoms with van der Waals surface area (Å²) in [5.74, 6) is 0. The van der Waals surface area contributed by atoms with Crippen molar-refractivity contribution in [1.29, 1.82) is 0 Å². The molecule has 0 saturated carbocycles. The third kappa shape index (κ3) is 3.02. The molecule has 2 N–H and O–H groups in total. The molecular formula is C13H18BrClN2. The standard InChI is InChI=1S/C13H18BrClN2/c1-17-7-3-2-4-12(16)13(17)10-8-9(14)5-6-11(10)15/h5-6,8,12-13H,2-4,7,16H2,1H3. The van der Waals surface area contributed by atoms with Gasteiger partial charge in [0.25, 0.3) is 0 Å². The number of hydrogen-bond acceptors (Lipinski definition) is 2. The van der Waals surface area contributed by atoms with Crippen LogP contribution in [0.4, 0.5) is 0 Å². The Kier molecular flexibility index (Phi) is 4.47. The molecular weight excluding hydrogens is 300 g/mol. The summed E-state index contributed by atoms with van der Waals surface area (Å²) in [5.41, 5.74) is 7.44. The molecule has 0 bridgehead atoms. The largest absolute Gasteiger partial charge is 0.326 e. The van der Waals surface area contributed by atoms with Gasteiger partial charge in [0.15, 0.2) is 0 Å². The lowest BCUT2D eigenvalue weighted by Gasteiger charge is -2.31. The molecule has 1 aromatic carbocycles. The first-order valence-electron chi connectivity index (χ1n) is 6.00. The van der Waals surface area contributed by atoms with Gasteiger partial charge in [-0.3, -0.25) is 4.90 Å². The van der Waals surface area contributed by atoms with E-state index in [-0.39, 0.29) is 12.1 Å². The highest BCUT2D eigenvalue weighted by molar-refractivity contribution is 9.10. The van der Waals surface area contributed by atoms with Crippen LogP contribution in [-0.4, -0.2) is 24.5 Å². The number of nitrogens with zero attached hydrogens (tertiary/aromatic N) is 1. The maximum Gasteiger partial charge on any atom is 0.0511 e. The summed E-state index contributed by atoms with van der Waals surface area (Å²) in [6.07, 6.45) is 3.48. The summed E-state index contributed by atoms with van der Waals surface area (Å²) >= 11 is 9.81. The number of halogens is 2. The fourth-order valence-corrected chi connectivity index (χ4v) is 3.18. The maximum atomic E-state index is 6.31. The minimum Gasteiger partial charge on any atom is -0.326 e. The highest BCUT2D eigenvalue weighted by Gasteiger charge is 2.27. The monoisotopic (exact) mass is 316 g/mol. The van der Waals surface area contributed by atoms with E-state index in [0.29, 0.717) is 0 Å². The molecule has 1 fully saturated rings. The highest BCUT2D eigenvalue weighted by Crippen LogP contribution is 2.34. The Bertz CT molecular complexity index is 385. The van der Waals surface area contributed by atoms with Crippen molar-refractivity contribution in [3.63, 3.8) is 0 Å². The predicted molar refractivity (Wildman–Crippen MR) is 76.3 cm³/mol. The Morgan fingerprint density at radius 3 is 2.94 bits per heavy atom.